The molecule has 2 aromatic carbocycles. The number of carbonyl (C=O) groups excluding carboxylic acids is 1. The van der Waals surface area contributed by atoms with Gasteiger partial charge in [0.25, 0.3) is 0 Å². The molecule has 2 rings (SSSR count). The van der Waals surface area contributed by atoms with Gasteiger partial charge in [-0.05, 0) is 42.0 Å². The summed E-state index contributed by atoms with van der Waals surface area (Å²) in [4.78, 5) is 12.1. The molecule has 0 aliphatic heterocycles. The van der Waals surface area contributed by atoms with Gasteiger partial charge in [-0.2, -0.15) is 0 Å². The molecule has 0 aliphatic carbocycles. The molecule has 6 nitrogen and oxygen atoms in total. The molecule has 26 heavy (non-hydrogen) atoms. The van der Waals surface area contributed by atoms with Gasteiger partial charge in [0, 0.05) is 18.0 Å². The van der Waals surface area contributed by atoms with Gasteiger partial charge in [-0.1, -0.05) is 17.7 Å². The highest BCUT2D eigenvalue weighted by Crippen LogP contribution is 2.27. The molecule has 0 atom stereocenters. The second kappa shape index (κ2) is 8.91. The van der Waals surface area contributed by atoms with Crippen LogP contribution in [0, 0.1) is 0 Å². The molecule has 0 unspecified atom stereocenters. The lowest BCUT2D eigenvalue weighted by Gasteiger charge is -2.10. The Hall–Kier alpha value is -2.25. The second-order valence-corrected chi connectivity index (χ2v) is 8.03. The fourth-order valence-electron chi connectivity index (χ4n) is 2.27. The van der Waals surface area contributed by atoms with Crippen molar-refractivity contribution in [3.8, 4) is 11.5 Å². The molecule has 0 fully saturated rings. The minimum Gasteiger partial charge on any atom is -0.493 e. The van der Waals surface area contributed by atoms with Crippen LogP contribution in [0.15, 0.2) is 47.4 Å². The van der Waals surface area contributed by atoms with E-state index in [1.165, 1.54) is 31.4 Å². The highest BCUT2D eigenvalue weighted by atomic mass is 35.5. The third-order valence-corrected chi connectivity index (χ3v) is 5.69. The molecule has 0 bridgehead atoms. The lowest BCUT2D eigenvalue weighted by molar-refractivity contribution is -0.120. The third kappa shape index (κ3) is 5.37. The van der Waals surface area contributed by atoms with Gasteiger partial charge < -0.3 is 14.8 Å². The van der Waals surface area contributed by atoms with Crippen LogP contribution in [0.1, 0.15) is 12.0 Å². The van der Waals surface area contributed by atoms with Crippen LogP contribution in [0.4, 0.5) is 0 Å². The van der Waals surface area contributed by atoms with Crippen LogP contribution >= 0.6 is 11.6 Å². The van der Waals surface area contributed by atoms with E-state index in [1.807, 2.05) is 0 Å². The SMILES string of the molecule is COc1ccc(CNC(=O)CCS(=O)(=O)c2ccc(Cl)cc2)cc1OC. The molecule has 0 aromatic heterocycles. The molecule has 140 valence electrons. The molecule has 0 saturated heterocycles. The quantitative estimate of drug-likeness (QED) is 0.740. The Balaban J connectivity index is 1.90. The highest BCUT2D eigenvalue weighted by Gasteiger charge is 2.16. The molecule has 0 spiro atoms. The monoisotopic (exact) mass is 397 g/mol. The zero-order valence-corrected chi connectivity index (χ0v) is 16.1. The molecule has 0 heterocycles. The lowest BCUT2D eigenvalue weighted by Crippen LogP contribution is -2.25. The highest BCUT2D eigenvalue weighted by molar-refractivity contribution is 7.91. The molecule has 2 aromatic rings. The smallest absolute Gasteiger partial charge is 0.221 e. The van der Waals surface area contributed by atoms with Crippen molar-refractivity contribution in [2.45, 2.75) is 17.9 Å². The van der Waals surface area contributed by atoms with Crippen LogP contribution in [0.25, 0.3) is 0 Å². The van der Waals surface area contributed by atoms with Crippen molar-refractivity contribution < 1.29 is 22.7 Å². The molecule has 1 amide bonds. The van der Waals surface area contributed by atoms with E-state index in [9.17, 15) is 13.2 Å². The number of benzene rings is 2. The predicted molar refractivity (Wildman–Crippen MR) is 99.5 cm³/mol. The molecule has 0 radical (unpaired) electrons. The van der Waals surface area contributed by atoms with E-state index in [4.69, 9.17) is 21.1 Å². The number of hydrogen-bond donors (Lipinski definition) is 1. The first-order valence-corrected chi connectivity index (χ1v) is 9.84. The van der Waals surface area contributed by atoms with E-state index in [2.05, 4.69) is 5.32 Å². The Kier molecular flexibility index (Phi) is 6.88. The number of carbonyl (C=O) groups is 1. The summed E-state index contributed by atoms with van der Waals surface area (Å²) in [5.41, 5.74) is 0.816. The van der Waals surface area contributed by atoms with E-state index in [0.29, 0.717) is 16.5 Å². The van der Waals surface area contributed by atoms with Gasteiger partial charge in [-0.25, -0.2) is 8.42 Å². The first kappa shape index (κ1) is 20.1. The fourth-order valence-corrected chi connectivity index (χ4v) is 3.63. The molecule has 8 heteroatoms. The van der Waals surface area contributed by atoms with Crippen molar-refractivity contribution in [1.82, 2.24) is 5.32 Å². The summed E-state index contributed by atoms with van der Waals surface area (Å²) in [7, 11) is -0.459. The van der Waals surface area contributed by atoms with Gasteiger partial charge >= 0.3 is 0 Å². The van der Waals surface area contributed by atoms with E-state index in [1.54, 1.807) is 25.3 Å². The number of halogens is 1. The Morgan fingerprint density at radius 2 is 1.69 bits per heavy atom. The van der Waals surface area contributed by atoms with E-state index >= 15 is 0 Å². The number of amides is 1. The summed E-state index contributed by atoms with van der Waals surface area (Å²) >= 11 is 5.75. The number of nitrogens with one attached hydrogen (secondary N) is 1. The van der Waals surface area contributed by atoms with Crippen molar-refractivity contribution in [2.75, 3.05) is 20.0 Å². The molecular weight excluding hydrogens is 378 g/mol. The molecule has 0 aliphatic rings. The fraction of sp³-hybridized carbons (Fsp3) is 0.278. The van der Waals surface area contributed by atoms with Crippen molar-refractivity contribution in [3.63, 3.8) is 0 Å². The minimum atomic E-state index is -3.53. The van der Waals surface area contributed by atoms with Crippen LogP contribution in [0.2, 0.25) is 5.02 Å². The maximum Gasteiger partial charge on any atom is 0.221 e. The van der Waals surface area contributed by atoms with Crippen LogP contribution in [0.5, 0.6) is 11.5 Å². The summed E-state index contributed by atoms with van der Waals surface area (Å²) in [5, 5.41) is 3.16. The average Bonchev–Trinajstić information content (AvgIpc) is 2.64. The van der Waals surface area contributed by atoms with Gasteiger partial charge in [-0.3, -0.25) is 4.79 Å². The molecule has 0 saturated carbocycles. The molecule has 1 N–H and O–H groups in total. The number of methoxy groups -OCH3 is 2. The summed E-state index contributed by atoms with van der Waals surface area (Å²) in [6.07, 6.45) is -0.127. The average molecular weight is 398 g/mol. The lowest BCUT2D eigenvalue weighted by atomic mass is 10.2. The summed E-state index contributed by atoms with van der Waals surface area (Å²) < 4.78 is 34.8. The first-order valence-electron chi connectivity index (χ1n) is 7.81. The van der Waals surface area contributed by atoms with Crippen LogP contribution in [-0.2, 0) is 21.2 Å². The first-order chi connectivity index (χ1) is 12.4. The number of hydrogen-bond acceptors (Lipinski definition) is 5. The van der Waals surface area contributed by atoms with Crippen LogP contribution in [0.3, 0.4) is 0 Å². The van der Waals surface area contributed by atoms with Gasteiger partial charge in [0.2, 0.25) is 5.91 Å². The third-order valence-electron chi connectivity index (χ3n) is 3.71. The van der Waals surface area contributed by atoms with Gasteiger partial charge in [-0.15, -0.1) is 0 Å². The van der Waals surface area contributed by atoms with Crippen molar-refractivity contribution in [3.05, 3.63) is 53.1 Å². The summed E-state index contributed by atoms with van der Waals surface area (Å²) in [6.45, 7) is 0.264. The normalized spacial score (nSPS) is 11.0. The zero-order chi connectivity index (χ0) is 19.2. The van der Waals surface area contributed by atoms with E-state index in [-0.39, 0.29) is 29.5 Å². The number of ether oxygens (including phenoxy) is 2. The van der Waals surface area contributed by atoms with Gasteiger partial charge in [0.05, 0.1) is 24.9 Å². The van der Waals surface area contributed by atoms with Crippen molar-refractivity contribution in [2.24, 2.45) is 0 Å². The maximum atomic E-state index is 12.2. The van der Waals surface area contributed by atoms with Crippen molar-refractivity contribution in [1.29, 1.82) is 0 Å². The largest absolute Gasteiger partial charge is 0.493 e. The zero-order valence-electron chi connectivity index (χ0n) is 14.5. The Labute approximate surface area is 158 Å². The Bertz CT molecular complexity index is 866. The van der Waals surface area contributed by atoms with Gasteiger partial charge in [0.15, 0.2) is 21.3 Å². The number of rotatable bonds is 8. The van der Waals surface area contributed by atoms with E-state index < -0.39 is 9.84 Å². The number of sulfone groups is 1. The maximum absolute atomic E-state index is 12.2. The topological polar surface area (TPSA) is 81.7 Å². The Morgan fingerprint density at radius 3 is 2.31 bits per heavy atom. The standard InChI is InChI=1S/C18H20ClNO5S/c1-24-16-8-3-13(11-17(16)25-2)12-20-18(21)9-10-26(22,23)15-6-4-14(19)5-7-15/h3-8,11H,9-10,12H2,1-2H3,(H,20,21). The van der Waals surface area contributed by atoms with Crippen molar-refractivity contribution >= 4 is 27.3 Å². The summed E-state index contributed by atoms with van der Waals surface area (Å²) in [6, 6.07) is 11.2. The van der Waals surface area contributed by atoms with Crippen LogP contribution < -0.4 is 14.8 Å². The van der Waals surface area contributed by atoms with Gasteiger partial charge in [0.1, 0.15) is 0 Å². The minimum absolute atomic E-state index is 0.127. The van der Waals surface area contributed by atoms with E-state index in [0.717, 1.165) is 5.56 Å². The molecular formula is C18H20ClNO5S. The second-order valence-electron chi connectivity index (χ2n) is 5.49. The Morgan fingerprint density at radius 1 is 1.04 bits per heavy atom. The summed E-state index contributed by atoms with van der Waals surface area (Å²) in [5.74, 6) is 0.533. The van der Waals surface area contributed by atoms with Crippen LogP contribution in [-0.4, -0.2) is 34.3 Å². The predicted octanol–water partition coefficient (Wildman–Crippen LogP) is 2.84.